The lowest BCUT2D eigenvalue weighted by molar-refractivity contribution is 0.171. The van der Waals surface area contributed by atoms with Crippen LogP contribution in [0.4, 0.5) is 4.39 Å². The summed E-state index contributed by atoms with van der Waals surface area (Å²) in [5.41, 5.74) is 2.31. The maximum atomic E-state index is 13.1. The highest BCUT2D eigenvalue weighted by Gasteiger charge is 2.19. The van der Waals surface area contributed by atoms with E-state index in [1.165, 1.54) is 12.1 Å². The predicted molar refractivity (Wildman–Crippen MR) is 104 cm³/mol. The molecule has 27 heavy (non-hydrogen) atoms. The molecule has 0 saturated carbocycles. The van der Waals surface area contributed by atoms with Crippen LogP contribution >= 0.6 is 11.6 Å². The lowest BCUT2D eigenvalue weighted by Gasteiger charge is -2.24. The fraction of sp³-hybridized carbons (Fsp3) is 0.429. The Kier molecular flexibility index (Phi) is 5.81. The number of hydrogen-bond acceptors (Lipinski definition) is 4. The zero-order valence-corrected chi connectivity index (χ0v) is 16.1. The molecule has 0 aliphatic carbocycles. The zero-order valence-electron chi connectivity index (χ0n) is 15.3. The predicted octanol–water partition coefficient (Wildman–Crippen LogP) is 3.96. The van der Waals surface area contributed by atoms with Crippen molar-refractivity contribution in [3.8, 4) is 11.5 Å². The molecule has 2 aromatic carbocycles. The maximum absolute atomic E-state index is 13.1. The van der Waals surface area contributed by atoms with Crippen LogP contribution in [-0.4, -0.2) is 49.2 Å². The van der Waals surface area contributed by atoms with Crippen LogP contribution in [0.3, 0.4) is 0 Å². The summed E-state index contributed by atoms with van der Waals surface area (Å²) in [6, 6.07) is 10.8. The van der Waals surface area contributed by atoms with Gasteiger partial charge in [0, 0.05) is 26.2 Å². The van der Waals surface area contributed by atoms with Crippen molar-refractivity contribution in [2.75, 3.05) is 39.4 Å². The number of halogens is 2. The molecule has 0 atom stereocenters. The molecule has 0 radical (unpaired) electrons. The summed E-state index contributed by atoms with van der Waals surface area (Å²) in [6.07, 6.45) is 1.11. The molecular weight excluding hydrogens is 367 g/mol. The summed E-state index contributed by atoms with van der Waals surface area (Å²) in [6.45, 7) is 6.91. The number of fused-ring (bicyclic) bond motifs is 1. The second-order valence-electron chi connectivity index (χ2n) is 7.13. The summed E-state index contributed by atoms with van der Waals surface area (Å²) < 4.78 is 24.4. The van der Waals surface area contributed by atoms with E-state index < -0.39 is 0 Å². The monoisotopic (exact) mass is 390 g/mol. The summed E-state index contributed by atoms with van der Waals surface area (Å²) in [5.74, 6) is 1.23. The zero-order chi connectivity index (χ0) is 18.6. The van der Waals surface area contributed by atoms with Crippen LogP contribution in [0.2, 0.25) is 5.02 Å². The molecule has 2 aliphatic heterocycles. The molecule has 0 bridgehead atoms. The van der Waals surface area contributed by atoms with Crippen LogP contribution in [0.25, 0.3) is 0 Å². The Balaban J connectivity index is 1.36. The molecule has 2 heterocycles. The van der Waals surface area contributed by atoms with Gasteiger partial charge in [0.15, 0.2) is 11.5 Å². The largest absolute Gasteiger partial charge is 0.486 e. The van der Waals surface area contributed by atoms with Gasteiger partial charge in [0.05, 0.1) is 5.02 Å². The summed E-state index contributed by atoms with van der Waals surface area (Å²) in [4.78, 5) is 4.89. The molecule has 0 spiro atoms. The van der Waals surface area contributed by atoms with E-state index in [0.29, 0.717) is 24.0 Å². The van der Waals surface area contributed by atoms with Crippen molar-refractivity contribution in [3.63, 3.8) is 0 Å². The Hall–Kier alpha value is -1.82. The molecule has 2 aromatic rings. The maximum Gasteiger partial charge on any atom is 0.179 e. The Morgan fingerprint density at radius 2 is 1.52 bits per heavy atom. The van der Waals surface area contributed by atoms with Crippen LogP contribution in [0, 0.1) is 5.82 Å². The van der Waals surface area contributed by atoms with E-state index in [-0.39, 0.29) is 5.82 Å². The average molecular weight is 391 g/mol. The highest BCUT2D eigenvalue weighted by molar-refractivity contribution is 6.32. The van der Waals surface area contributed by atoms with Crippen LogP contribution in [-0.2, 0) is 13.1 Å². The van der Waals surface area contributed by atoms with Gasteiger partial charge in [0.25, 0.3) is 0 Å². The lowest BCUT2D eigenvalue weighted by Crippen LogP contribution is -2.30. The number of hydrogen-bond donors (Lipinski definition) is 0. The van der Waals surface area contributed by atoms with Gasteiger partial charge in [0.1, 0.15) is 19.0 Å². The molecule has 0 unspecified atom stereocenters. The van der Waals surface area contributed by atoms with Crippen molar-refractivity contribution < 1.29 is 13.9 Å². The van der Waals surface area contributed by atoms with Gasteiger partial charge in [-0.1, -0.05) is 23.7 Å². The van der Waals surface area contributed by atoms with Crippen molar-refractivity contribution in [2.45, 2.75) is 19.5 Å². The molecule has 0 amide bonds. The smallest absolute Gasteiger partial charge is 0.179 e. The van der Waals surface area contributed by atoms with Crippen molar-refractivity contribution in [2.24, 2.45) is 0 Å². The van der Waals surface area contributed by atoms with Gasteiger partial charge in [-0.05, 0) is 54.9 Å². The molecule has 0 aromatic heterocycles. The van der Waals surface area contributed by atoms with E-state index in [9.17, 15) is 4.39 Å². The summed E-state index contributed by atoms with van der Waals surface area (Å²) in [5, 5.41) is 0.620. The Morgan fingerprint density at radius 1 is 0.852 bits per heavy atom. The first-order valence-electron chi connectivity index (χ1n) is 9.44. The summed E-state index contributed by atoms with van der Waals surface area (Å²) in [7, 11) is 0. The average Bonchev–Trinajstić information content (AvgIpc) is 2.89. The van der Waals surface area contributed by atoms with E-state index in [1.807, 2.05) is 24.3 Å². The lowest BCUT2D eigenvalue weighted by atomic mass is 10.1. The number of ether oxygens (including phenoxy) is 2. The topological polar surface area (TPSA) is 24.9 Å². The molecule has 4 nitrogen and oxygen atoms in total. The second-order valence-corrected chi connectivity index (χ2v) is 7.54. The fourth-order valence-electron chi connectivity index (χ4n) is 3.70. The SMILES string of the molecule is Fc1ccc(CN2CCCN(Cc3cc(Cl)c4c(c3)OCCO4)CC2)cc1. The van der Waals surface area contributed by atoms with Gasteiger partial charge in [-0.15, -0.1) is 0 Å². The van der Waals surface area contributed by atoms with Crippen LogP contribution in [0.5, 0.6) is 11.5 Å². The number of benzene rings is 2. The summed E-state index contributed by atoms with van der Waals surface area (Å²) >= 11 is 6.36. The van der Waals surface area contributed by atoms with Gasteiger partial charge in [-0.2, -0.15) is 0 Å². The normalized spacial score (nSPS) is 18.3. The van der Waals surface area contributed by atoms with E-state index in [1.54, 1.807) is 0 Å². The third-order valence-electron chi connectivity index (χ3n) is 5.06. The van der Waals surface area contributed by atoms with Crippen molar-refractivity contribution in [3.05, 3.63) is 58.4 Å². The third kappa shape index (κ3) is 4.72. The van der Waals surface area contributed by atoms with Crippen LogP contribution < -0.4 is 9.47 Å². The van der Waals surface area contributed by atoms with Gasteiger partial charge >= 0.3 is 0 Å². The van der Waals surface area contributed by atoms with Gasteiger partial charge in [0.2, 0.25) is 0 Å². The van der Waals surface area contributed by atoms with Gasteiger partial charge in [-0.25, -0.2) is 4.39 Å². The van der Waals surface area contributed by atoms with E-state index in [0.717, 1.165) is 62.6 Å². The van der Waals surface area contributed by atoms with E-state index in [4.69, 9.17) is 21.1 Å². The molecule has 144 valence electrons. The molecule has 4 rings (SSSR count). The molecule has 0 N–H and O–H groups in total. The molecule has 1 saturated heterocycles. The third-order valence-corrected chi connectivity index (χ3v) is 5.34. The van der Waals surface area contributed by atoms with Crippen molar-refractivity contribution >= 4 is 11.6 Å². The first-order chi connectivity index (χ1) is 13.2. The van der Waals surface area contributed by atoms with Crippen molar-refractivity contribution in [1.82, 2.24) is 9.80 Å². The highest BCUT2D eigenvalue weighted by atomic mass is 35.5. The quantitative estimate of drug-likeness (QED) is 0.789. The minimum Gasteiger partial charge on any atom is -0.486 e. The Bertz CT molecular complexity index is 784. The number of rotatable bonds is 4. The van der Waals surface area contributed by atoms with Crippen LogP contribution in [0.1, 0.15) is 17.5 Å². The number of nitrogens with zero attached hydrogens (tertiary/aromatic N) is 2. The second kappa shape index (κ2) is 8.46. The van der Waals surface area contributed by atoms with Crippen molar-refractivity contribution in [1.29, 1.82) is 0 Å². The minimum absolute atomic E-state index is 0.182. The van der Waals surface area contributed by atoms with E-state index >= 15 is 0 Å². The Labute approximate surface area is 164 Å². The van der Waals surface area contributed by atoms with E-state index in [2.05, 4.69) is 9.80 Å². The van der Waals surface area contributed by atoms with Gasteiger partial charge in [-0.3, -0.25) is 9.80 Å². The molecule has 1 fully saturated rings. The van der Waals surface area contributed by atoms with Crippen LogP contribution in [0.15, 0.2) is 36.4 Å². The van der Waals surface area contributed by atoms with Gasteiger partial charge < -0.3 is 9.47 Å². The highest BCUT2D eigenvalue weighted by Crippen LogP contribution is 2.38. The first kappa shape index (κ1) is 18.5. The standard InChI is InChI=1S/C21H24ClFN2O2/c22-19-12-17(13-20-21(19)27-11-10-26-20)15-25-7-1-6-24(8-9-25)14-16-2-4-18(23)5-3-16/h2-5,12-13H,1,6-11,14-15H2. The first-order valence-corrected chi connectivity index (χ1v) is 9.82. The molecule has 6 heteroatoms. The fourth-order valence-corrected chi connectivity index (χ4v) is 3.99. The minimum atomic E-state index is -0.182. The Morgan fingerprint density at radius 3 is 2.26 bits per heavy atom. The molecular formula is C21H24ClFN2O2. The molecule has 2 aliphatic rings.